The van der Waals surface area contributed by atoms with Crippen LogP contribution >= 0.6 is 0 Å². The van der Waals surface area contributed by atoms with Gasteiger partial charge in [-0.15, -0.1) is 0 Å². The van der Waals surface area contributed by atoms with Crippen molar-refractivity contribution in [1.29, 1.82) is 0 Å². The Morgan fingerprint density at radius 3 is 1.53 bits per heavy atom. The highest BCUT2D eigenvalue weighted by Crippen LogP contribution is 2.68. The number of hydrogen-bond donors (Lipinski definition) is 0. The highest BCUT2D eigenvalue weighted by molar-refractivity contribution is 6.05. The van der Waals surface area contributed by atoms with Gasteiger partial charge in [-0.25, -0.2) is 0 Å². The highest BCUT2D eigenvalue weighted by atomic mass is 16.3. The maximum Gasteiger partial charge on any atom is 0.142 e. The summed E-state index contributed by atoms with van der Waals surface area (Å²) in [5.41, 5.74) is 13.7. The summed E-state index contributed by atoms with van der Waals surface area (Å²) in [6, 6.07) is 76.1. The van der Waals surface area contributed by atoms with Crippen LogP contribution in [0, 0.1) is 0 Å². The van der Waals surface area contributed by atoms with Crippen LogP contribution in [0.15, 0.2) is 229 Å². The fourth-order valence-electron chi connectivity index (χ4n) is 11.1. The van der Waals surface area contributed by atoms with E-state index in [-0.39, 0.29) is 11.1 Å². The van der Waals surface area contributed by atoms with Gasteiger partial charge in [0.1, 0.15) is 11.5 Å². The van der Waals surface area contributed by atoms with Gasteiger partial charge in [0.25, 0.3) is 0 Å². The molecule has 1 spiro atoms. The van der Waals surface area contributed by atoms with Crippen molar-refractivity contribution < 1.29 is 12.6 Å². The molecule has 2 nitrogen and oxygen atoms in total. The third kappa shape index (κ3) is 5.02. The van der Waals surface area contributed by atoms with Crippen molar-refractivity contribution in [3.05, 3.63) is 258 Å². The lowest BCUT2D eigenvalue weighted by Crippen LogP contribution is -2.26. The van der Waals surface area contributed by atoms with Gasteiger partial charge in [0, 0.05) is 52.8 Å². The van der Waals surface area contributed by atoms with Crippen LogP contribution in [-0.4, -0.2) is 0 Å². The van der Waals surface area contributed by atoms with Gasteiger partial charge >= 0.3 is 0 Å². The average Bonchev–Trinajstić information content (AvgIpc) is 4.11. The lowest BCUT2D eigenvalue weighted by molar-refractivity contribution is 0.588. The molecule has 0 bridgehead atoms. The van der Waals surface area contributed by atoms with Crippen LogP contribution in [0.2, 0.25) is 0 Å². The first-order valence-electron chi connectivity index (χ1n) is 24.8. The Balaban J connectivity index is 1.12. The zero-order chi connectivity index (χ0) is 47.6. The highest BCUT2D eigenvalue weighted by Gasteiger charge is 2.56. The Labute approximate surface area is 382 Å². The fourth-order valence-corrected chi connectivity index (χ4v) is 11.1. The summed E-state index contributed by atoms with van der Waals surface area (Å²) in [5, 5.41) is 0. The van der Waals surface area contributed by atoms with E-state index in [0.29, 0.717) is 16.8 Å². The third-order valence-electron chi connectivity index (χ3n) is 13.8. The average molecular weight is 824 g/mol. The number of nitrogens with zero attached hydrogens (tertiary/aromatic N) is 1. The van der Waals surface area contributed by atoms with E-state index in [1.165, 1.54) is 0 Å². The summed E-state index contributed by atoms with van der Waals surface area (Å²) in [6.45, 7) is -5.85. The first-order valence-corrected chi connectivity index (χ1v) is 21.8. The van der Waals surface area contributed by atoms with E-state index in [2.05, 4.69) is 144 Å². The minimum Gasteiger partial charge on any atom is -0.455 e. The lowest BCUT2D eigenvalue weighted by Gasteiger charge is -2.32. The monoisotopic (exact) mass is 823 g/mol. The molecule has 0 fully saturated rings. The molecule has 302 valence electrons. The van der Waals surface area contributed by atoms with Gasteiger partial charge in [-0.2, -0.15) is 0 Å². The molecular formula is C62H43NO. The van der Waals surface area contributed by atoms with Crippen molar-refractivity contribution in [2.24, 2.45) is 0 Å². The maximum atomic E-state index is 9.09. The van der Waals surface area contributed by atoms with Crippen LogP contribution in [0.25, 0.3) is 67.2 Å². The molecule has 1 aromatic heterocycles. The standard InChI is InChI=1S/C62H43NO/c1-61(2)50-28-15-12-25-46(50)47-38-37-45(39-54(47)61)63(44-35-33-41(34-36-44)40-19-6-3-7-20-40)55-32-18-31-53-56(55)48-26-13-16-29-51(48)62(53)52-30-17-14-27-49(52)57-58(62)60(43-23-10-5-11-24-43)64-59(57)42-21-8-4-9-22-42/h3-39H,1-2H3/i1D3,2D3. The van der Waals surface area contributed by atoms with Crippen LogP contribution in [0.1, 0.15) is 55.3 Å². The summed E-state index contributed by atoms with van der Waals surface area (Å²) in [6.07, 6.45) is 0. The van der Waals surface area contributed by atoms with Gasteiger partial charge in [0.2, 0.25) is 0 Å². The molecule has 64 heavy (non-hydrogen) atoms. The van der Waals surface area contributed by atoms with Gasteiger partial charge in [-0.1, -0.05) is 208 Å². The molecule has 1 unspecified atom stereocenters. The van der Waals surface area contributed by atoms with E-state index in [0.717, 1.165) is 89.7 Å². The Morgan fingerprint density at radius 2 is 0.875 bits per heavy atom. The number of benzene rings is 9. The fraction of sp³-hybridized carbons (Fsp3) is 0.0645. The molecule has 1 heterocycles. The van der Waals surface area contributed by atoms with Gasteiger partial charge < -0.3 is 9.32 Å². The Morgan fingerprint density at radius 1 is 0.375 bits per heavy atom. The zero-order valence-electron chi connectivity index (χ0n) is 40.7. The summed E-state index contributed by atoms with van der Waals surface area (Å²) < 4.78 is 61.8. The van der Waals surface area contributed by atoms with E-state index in [1.807, 2.05) is 72.8 Å². The van der Waals surface area contributed by atoms with Crippen molar-refractivity contribution >= 4 is 17.1 Å². The third-order valence-corrected chi connectivity index (χ3v) is 13.8. The zero-order valence-corrected chi connectivity index (χ0v) is 34.7. The lowest BCUT2D eigenvalue weighted by atomic mass is 9.70. The molecule has 3 aliphatic rings. The molecule has 0 saturated carbocycles. The molecule has 0 aliphatic heterocycles. The molecule has 0 radical (unpaired) electrons. The molecule has 9 aromatic carbocycles. The predicted octanol–water partition coefficient (Wildman–Crippen LogP) is 16.4. The topological polar surface area (TPSA) is 16.4 Å². The predicted molar refractivity (Wildman–Crippen MR) is 264 cm³/mol. The van der Waals surface area contributed by atoms with Crippen molar-refractivity contribution in [1.82, 2.24) is 0 Å². The van der Waals surface area contributed by atoms with Gasteiger partial charge in [0.15, 0.2) is 0 Å². The summed E-state index contributed by atoms with van der Waals surface area (Å²) in [4.78, 5) is 2.18. The first kappa shape index (κ1) is 31.0. The van der Waals surface area contributed by atoms with E-state index in [1.54, 1.807) is 12.1 Å². The minimum atomic E-state index is -2.92. The number of hydrogen-bond acceptors (Lipinski definition) is 2. The van der Waals surface area contributed by atoms with E-state index < -0.39 is 24.5 Å². The van der Waals surface area contributed by atoms with Crippen LogP contribution in [-0.2, 0) is 10.8 Å². The molecule has 13 rings (SSSR count). The van der Waals surface area contributed by atoms with Crippen molar-refractivity contribution in [2.75, 3.05) is 4.90 Å². The Hall–Kier alpha value is -7.94. The maximum absolute atomic E-state index is 9.09. The van der Waals surface area contributed by atoms with E-state index in [4.69, 9.17) is 12.6 Å². The summed E-state index contributed by atoms with van der Waals surface area (Å²) in [5.74, 6) is 1.61. The molecule has 3 aliphatic carbocycles. The van der Waals surface area contributed by atoms with Crippen molar-refractivity contribution in [2.45, 2.75) is 24.5 Å². The van der Waals surface area contributed by atoms with Crippen LogP contribution in [0.3, 0.4) is 0 Å². The van der Waals surface area contributed by atoms with Crippen LogP contribution in [0.5, 0.6) is 0 Å². The molecular weight excluding hydrogens is 775 g/mol. The largest absolute Gasteiger partial charge is 0.455 e. The Kier molecular flexibility index (Phi) is 6.67. The van der Waals surface area contributed by atoms with Crippen LogP contribution in [0.4, 0.5) is 17.1 Å². The molecule has 0 saturated heterocycles. The molecule has 0 amide bonds. The van der Waals surface area contributed by atoms with Gasteiger partial charge in [-0.05, 0) is 91.5 Å². The number of rotatable bonds is 6. The molecule has 1 atom stereocenters. The quantitative estimate of drug-likeness (QED) is 0.166. The number of fused-ring (bicyclic) bond motifs is 13. The van der Waals surface area contributed by atoms with Gasteiger partial charge in [0.05, 0.1) is 11.1 Å². The Bertz CT molecular complexity index is 3680. The summed E-state index contributed by atoms with van der Waals surface area (Å²) >= 11 is 0. The van der Waals surface area contributed by atoms with Crippen molar-refractivity contribution in [3.8, 4) is 67.2 Å². The SMILES string of the molecule is [2H]C([2H])([2H])C1(C([2H])([2H])[2H])c2ccccc2-c2ccc(N(c3ccc(-c4ccccc4)cc3)c3cccc4c3-c3ccccc3C43c4ccccc4-c4c(-c5ccccc5)oc(-c5ccccc5)c43)cc21. The van der Waals surface area contributed by atoms with E-state index >= 15 is 0 Å². The second-order valence-corrected chi connectivity index (χ2v) is 17.1. The molecule has 0 N–H and O–H groups in total. The number of furan rings is 1. The summed E-state index contributed by atoms with van der Waals surface area (Å²) in [7, 11) is 0. The second-order valence-electron chi connectivity index (χ2n) is 17.1. The minimum absolute atomic E-state index is 0.259. The first-order chi connectivity index (χ1) is 34.0. The smallest absolute Gasteiger partial charge is 0.142 e. The normalized spacial score (nSPS) is 17.3. The molecule has 10 aromatic rings. The number of anilines is 3. The van der Waals surface area contributed by atoms with Crippen LogP contribution < -0.4 is 4.90 Å². The second kappa shape index (κ2) is 13.8. The van der Waals surface area contributed by atoms with Crippen molar-refractivity contribution in [3.63, 3.8) is 0 Å². The molecule has 2 heteroatoms. The van der Waals surface area contributed by atoms with Gasteiger partial charge in [-0.3, -0.25) is 0 Å². The van der Waals surface area contributed by atoms with E-state index in [9.17, 15) is 0 Å².